The van der Waals surface area contributed by atoms with E-state index in [9.17, 15) is 18.0 Å². The van der Waals surface area contributed by atoms with Crippen LogP contribution in [0.5, 0.6) is 0 Å². The lowest BCUT2D eigenvalue weighted by Gasteiger charge is -2.34. The number of halogens is 4. The van der Waals surface area contributed by atoms with Crippen LogP contribution >= 0.6 is 22.9 Å². The number of alkyl halides is 3. The van der Waals surface area contributed by atoms with Gasteiger partial charge < -0.3 is 4.90 Å². The van der Waals surface area contributed by atoms with Gasteiger partial charge in [-0.3, -0.25) is 14.1 Å². The highest BCUT2D eigenvalue weighted by molar-refractivity contribution is 7.15. The first kappa shape index (κ1) is 20.2. The molecule has 1 aliphatic rings. The Morgan fingerprint density at radius 3 is 2.48 bits per heavy atom. The average Bonchev–Trinajstić information content (AvgIpc) is 3.24. The van der Waals surface area contributed by atoms with Gasteiger partial charge in [-0.05, 0) is 12.1 Å². The zero-order valence-corrected chi connectivity index (χ0v) is 16.9. The number of fused-ring (bicyclic) bond motifs is 1. The van der Waals surface area contributed by atoms with Gasteiger partial charge in [0.1, 0.15) is 6.42 Å². The molecule has 1 aliphatic heterocycles. The van der Waals surface area contributed by atoms with Crippen molar-refractivity contribution in [3.05, 3.63) is 46.6 Å². The second kappa shape index (κ2) is 7.97. The Morgan fingerprint density at radius 2 is 1.83 bits per heavy atom. The molecule has 29 heavy (non-hydrogen) atoms. The molecule has 0 aliphatic carbocycles. The minimum Gasteiger partial charge on any atom is -0.340 e. The molecule has 3 heterocycles. The molecule has 5 nitrogen and oxygen atoms in total. The number of benzene rings is 1. The number of piperazine rings is 1. The van der Waals surface area contributed by atoms with Crippen LogP contribution in [-0.4, -0.2) is 57.4 Å². The Labute approximate surface area is 174 Å². The molecular formula is C19H18ClF3N4OS. The van der Waals surface area contributed by atoms with E-state index in [0.717, 1.165) is 21.9 Å². The van der Waals surface area contributed by atoms with Crippen LogP contribution in [0.3, 0.4) is 0 Å². The maximum Gasteiger partial charge on any atom is 0.397 e. The maximum atomic E-state index is 12.5. The van der Waals surface area contributed by atoms with E-state index < -0.39 is 18.5 Å². The largest absolute Gasteiger partial charge is 0.397 e. The Morgan fingerprint density at radius 1 is 1.14 bits per heavy atom. The molecule has 10 heteroatoms. The maximum absolute atomic E-state index is 12.5. The molecular weight excluding hydrogens is 425 g/mol. The van der Waals surface area contributed by atoms with Gasteiger partial charge in [-0.1, -0.05) is 23.7 Å². The van der Waals surface area contributed by atoms with E-state index in [1.165, 1.54) is 16.2 Å². The number of imidazole rings is 1. The zero-order valence-electron chi connectivity index (χ0n) is 15.3. The van der Waals surface area contributed by atoms with E-state index in [-0.39, 0.29) is 13.1 Å². The number of rotatable bonds is 4. The lowest BCUT2D eigenvalue weighted by atomic mass is 10.1. The van der Waals surface area contributed by atoms with Crippen LogP contribution in [-0.2, 0) is 11.3 Å². The van der Waals surface area contributed by atoms with Crippen molar-refractivity contribution in [2.75, 3.05) is 26.2 Å². The van der Waals surface area contributed by atoms with Crippen molar-refractivity contribution in [2.45, 2.75) is 19.1 Å². The predicted molar refractivity (Wildman–Crippen MR) is 106 cm³/mol. The summed E-state index contributed by atoms with van der Waals surface area (Å²) >= 11 is 7.54. The number of thiazole rings is 1. The monoisotopic (exact) mass is 442 g/mol. The Bertz CT molecular complexity index is 1010. The van der Waals surface area contributed by atoms with Gasteiger partial charge in [-0.25, -0.2) is 4.98 Å². The first-order valence-electron chi connectivity index (χ1n) is 9.07. The summed E-state index contributed by atoms with van der Waals surface area (Å²) in [5, 5.41) is 2.61. The van der Waals surface area contributed by atoms with Crippen LogP contribution in [0.4, 0.5) is 13.2 Å². The Kier molecular flexibility index (Phi) is 5.54. The van der Waals surface area contributed by atoms with Crippen LogP contribution in [0.2, 0.25) is 5.02 Å². The van der Waals surface area contributed by atoms with Gasteiger partial charge in [0, 0.05) is 54.9 Å². The number of hydrogen-bond donors (Lipinski definition) is 0. The predicted octanol–water partition coefficient (Wildman–Crippen LogP) is 4.31. The van der Waals surface area contributed by atoms with E-state index in [1.807, 2.05) is 40.2 Å². The van der Waals surface area contributed by atoms with Crippen molar-refractivity contribution in [3.8, 4) is 11.3 Å². The quantitative estimate of drug-likeness (QED) is 0.604. The first-order chi connectivity index (χ1) is 13.8. The van der Waals surface area contributed by atoms with E-state index >= 15 is 0 Å². The highest BCUT2D eigenvalue weighted by Crippen LogP contribution is 2.29. The molecule has 1 saturated heterocycles. The molecule has 4 rings (SSSR count). The van der Waals surface area contributed by atoms with Gasteiger partial charge >= 0.3 is 6.18 Å². The average molecular weight is 443 g/mol. The Balaban J connectivity index is 1.49. The number of carbonyl (C=O) groups excluding carboxylic acids is 1. The van der Waals surface area contributed by atoms with Crippen LogP contribution in [0.15, 0.2) is 35.8 Å². The van der Waals surface area contributed by atoms with Crippen LogP contribution in [0.1, 0.15) is 12.1 Å². The molecule has 0 N–H and O–H groups in total. The minimum atomic E-state index is -4.47. The Hall–Kier alpha value is -2.10. The normalized spacial score (nSPS) is 15.9. The molecule has 0 radical (unpaired) electrons. The number of carbonyl (C=O) groups is 1. The molecule has 2 aromatic heterocycles. The summed E-state index contributed by atoms with van der Waals surface area (Å²) in [4.78, 5) is 20.9. The molecule has 0 unspecified atom stereocenters. The molecule has 0 atom stereocenters. The fourth-order valence-electron chi connectivity index (χ4n) is 3.47. The van der Waals surface area contributed by atoms with E-state index in [0.29, 0.717) is 24.7 Å². The lowest BCUT2D eigenvalue weighted by Crippen LogP contribution is -2.49. The summed E-state index contributed by atoms with van der Waals surface area (Å²) in [6.45, 7) is 2.20. The lowest BCUT2D eigenvalue weighted by molar-refractivity contribution is -0.162. The van der Waals surface area contributed by atoms with Crippen LogP contribution in [0.25, 0.3) is 16.2 Å². The van der Waals surface area contributed by atoms with Gasteiger partial charge in [0.05, 0.1) is 11.4 Å². The summed E-state index contributed by atoms with van der Waals surface area (Å²) in [5.41, 5.74) is 2.84. The second-order valence-electron chi connectivity index (χ2n) is 6.92. The van der Waals surface area contributed by atoms with E-state index in [2.05, 4.69) is 4.90 Å². The van der Waals surface area contributed by atoms with Gasteiger partial charge in [0.25, 0.3) is 0 Å². The van der Waals surface area contributed by atoms with Crippen LogP contribution < -0.4 is 0 Å². The summed E-state index contributed by atoms with van der Waals surface area (Å²) in [6, 6.07) is 7.48. The first-order valence-corrected chi connectivity index (χ1v) is 10.3. The zero-order chi connectivity index (χ0) is 20.6. The topological polar surface area (TPSA) is 40.9 Å². The summed E-state index contributed by atoms with van der Waals surface area (Å²) in [7, 11) is 0. The third-order valence-electron chi connectivity index (χ3n) is 4.93. The van der Waals surface area contributed by atoms with Crippen molar-refractivity contribution in [2.24, 2.45) is 0 Å². The van der Waals surface area contributed by atoms with Crippen molar-refractivity contribution in [3.63, 3.8) is 0 Å². The SMILES string of the molecule is O=C(CC(F)(F)F)N1CCN(Cc2c(-c3ccc(Cl)cc3)nc3sccn23)CC1. The number of amides is 1. The molecule has 154 valence electrons. The highest BCUT2D eigenvalue weighted by atomic mass is 35.5. The highest BCUT2D eigenvalue weighted by Gasteiger charge is 2.34. The number of nitrogens with zero attached hydrogens (tertiary/aromatic N) is 4. The van der Waals surface area contributed by atoms with Crippen molar-refractivity contribution < 1.29 is 18.0 Å². The molecule has 1 fully saturated rings. The number of aromatic nitrogens is 2. The molecule has 1 aromatic carbocycles. The smallest absolute Gasteiger partial charge is 0.340 e. The minimum absolute atomic E-state index is 0.288. The van der Waals surface area contributed by atoms with E-state index in [4.69, 9.17) is 16.6 Å². The van der Waals surface area contributed by atoms with Gasteiger partial charge in [0.2, 0.25) is 5.91 Å². The van der Waals surface area contributed by atoms with Crippen molar-refractivity contribution >= 4 is 33.8 Å². The standard InChI is InChI=1S/C19H18ClF3N4OS/c20-14-3-1-13(2-4-14)17-15(27-9-10-29-18(27)24-17)12-25-5-7-26(8-6-25)16(28)11-19(21,22)23/h1-4,9-10H,5-8,11-12H2. The molecule has 1 amide bonds. The second-order valence-corrected chi connectivity index (χ2v) is 8.23. The molecule has 3 aromatic rings. The summed E-state index contributed by atoms with van der Waals surface area (Å²) in [6.07, 6.45) is -3.90. The third-order valence-corrected chi connectivity index (χ3v) is 5.94. The molecule has 0 spiro atoms. The summed E-state index contributed by atoms with van der Waals surface area (Å²) < 4.78 is 39.4. The van der Waals surface area contributed by atoms with Gasteiger partial charge in [-0.15, -0.1) is 11.3 Å². The van der Waals surface area contributed by atoms with Crippen LogP contribution in [0, 0.1) is 0 Å². The molecule has 0 bridgehead atoms. The van der Waals surface area contributed by atoms with Crippen molar-refractivity contribution in [1.29, 1.82) is 0 Å². The van der Waals surface area contributed by atoms with E-state index in [1.54, 1.807) is 0 Å². The fraction of sp³-hybridized carbons (Fsp3) is 0.368. The number of hydrogen-bond acceptors (Lipinski definition) is 4. The van der Waals surface area contributed by atoms with Crippen molar-refractivity contribution in [1.82, 2.24) is 19.2 Å². The third kappa shape index (κ3) is 4.57. The van der Waals surface area contributed by atoms with Gasteiger partial charge in [0.15, 0.2) is 4.96 Å². The molecule has 0 saturated carbocycles. The van der Waals surface area contributed by atoms with Gasteiger partial charge in [-0.2, -0.15) is 13.2 Å². The summed E-state index contributed by atoms with van der Waals surface area (Å²) in [5.74, 6) is -0.858. The fourth-order valence-corrected chi connectivity index (χ4v) is 4.33.